The van der Waals surface area contributed by atoms with Crippen molar-refractivity contribution in [2.75, 3.05) is 13.7 Å². The summed E-state index contributed by atoms with van der Waals surface area (Å²) in [6, 6.07) is 14.5. The van der Waals surface area contributed by atoms with E-state index in [9.17, 15) is 24.0 Å². The Balaban J connectivity index is 1.39. The van der Waals surface area contributed by atoms with Crippen molar-refractivity contribution in [2.24, 2.45) is 11.8 Å². The Labute approximate surface area is 288 Å². The van der Waals surface area contributed by atoms with E-state index in [0.717, 1.165) is 35.7 Å². The molecule has 1 aromatic heterocycles. The molecule has 5 atom stereocenters. The molecule has 2 aliphatic rings. The molecule has 5 rings (SSSR count). The van der Waals surface area contributed by atoms with Crippen LogP contribution in [0, 0.1) is 11.8 Å². The van der Waals surface area contributed by atoms with Gasteiger partial charge in [0.1, 0.15) is 19.2 Å². The second-order valence-corrected chi connectivity index (χ2v) is 13.6. The number of Topliss-reactive ketones (excluding diaryl/α,β-unsaturated/α-hetero) is 2. The van der Waals surface area contributed by atoms with E-state index in [0.29, 0.717) is 50.6 Å². The van der Waals surface area contributed by atoms with Crippen LogP contribution in [0.1, 0.15) is 94.0 Å². The monoisotopic (exact) mass is 670 g/mol. The van der Waals surface area contributed by atoms with Crippen LogP contribution in [0.15, 0.2) is 60.8 Å². The summed E-state index contributed by atoms with van der Waals surface area (Å²) in [5.74, 6) is -1.88. The maximum Gasteiger partial charge on any atom is 0.246 e. The maximum atomic E-state index is 14.1. The highest BCUT2D eigenvalue weighted by atomic mass is 16.6. The molecule has 10 nitrogen and oxygen atoms in total. The predicted molar refractivity (Wildman–Crippen MR) is 188 cm³/mol. The molecule has 262 valence electrons. The highest BCUT2D eigenvalue weighted by molar-refractivity contribution is 5.98. The van der Waals surface area contributed by atoms with Gasteiger partial charge in [-0.1, -0.05) is 81.6 Å². The summed E-state index contributed by atoms with van der Waals surface area (Å²) in [5, 5.41) is 6.91. The summed E-state index contributed by atoms with van der Waals surface area (Å²) in [7, 11) is 1.57. The van der Waals surface area contributed by atoms with Gasteiger partial charge in [-0.2, -0.15) is 4.73 Å². The molecule has 2 N–H and O–H groups in total. The minimum absolute atomic E-state index is 0.00541. The van der Waals surface area contributed by atoms with E-state index in [1.165, 1.54) is 0 Å². The number of carbonyl (C=O) groups excluding carboxylic acids is 5. The van der Waals surface area contributed by atoms with Crippen LogP contribution in [0.4, 0.5) is 0 Å². The lowest BCUT2D eigenvalue weighted by Crippen LogP contribution is -2.61. The first-order valence-electron chi connectivity index (χ1n) is 17.9. The third-order valence-corrected chi connectivity index (χ3v) is 10.3. The van der Waals surface area contributed by atoms with Crippen molar-refractivity contribution in [3.8, 4) is 0 Å². The second kappa shape index (κ2) is 16.8. The minimum atomic E-state index is -0.986. The summed E-state index contributed by atoms with van der Waals surface area (Å²) < 4.78 is 1.63. The van der Waals surface area contributed by atoms with Gasteiger partial charge >= 0.3 is 0 Å². The predicted octanol–water partition coefficient (Wildman–Crippen LogP) is 5.06. The molecule has 3 heterocycles. The van der Waals surface area contributed by atoms with Gasteiger partial charge in [0.15, 0.2) is 11.6 Å². The Bertz CT molecular complexity index is 1630. The standard InChI is InChI=1S/C39H50N4O6/c1-4-26(2)36-39(48)42-22-14-13-20-33(42)35(45)24-28(17-9-6-10-21-34(44)27-15-7-5-8-16-27)37(46)40-31(38(47)41-36)23-29-25-43(49-3)32-19-12-11-18-30(29)32/h5,7-8,11-12,15-16,18-19,25-26,28,31,33,36H,4,6,9-10,13-14,17,20-24H2,1-3H3,(H,40,46)(H,41,47)/t26?,28-,31+,33-,36+/m1/s1. The van der Waals surface area contributed by atoms with E-state index in [2.05, 4.69) is 10.6 Å². The van der Waals surface area contributed by atoms with E-state index < -0.39 is 30.0 Å². The number of unbranched alkanes of at least 4 members (excludes halogenated alkanes) is 2. The van der Waals surface area contributed by atoms with Crippen LogP contribution in [0.3, 0.4) is 0 Å². The topological polar surface area (TPSA) is 127 Å². The quantitative estimate of drug-likeness (QED) is 0.205. The Kier molecular flexibility index (Phi) is 12.3. The van der Waals surface area contributed by atoms with Gasteiger partial charge in [-0.25, -0.2) is 0 Å². The summed E-state index contributed by atoms with van der Waals surface area (Å²) in [4.78, 5) is 76.1. The molecule has 3 amide bonds. The van der Waals surface area contributed by atoms with E-state index in [4.69, 9.17) is 4.84 Å². The number of benzene rings is 2. The largest absolute Gasteiger partial charge is 0.417 e. The van der Waals surface area contributed by atoms with E-state index in [1.807, 2.05) is 74.6 Å². The lowest BCUT2D eigenvalue weighted by molar-refractivity contribution is -0.147. The number of ketones is 2. The summed E-state index contributed by atoms with van der Waals surface area (Å²) in [6.45, 7) is 4.35. The van der Waals surface area contributed by atoms with Crippen molar-refractivity contribution in [1.29, 1.82) is 0 Å². The van der Waals surface area contributed by atoms with E-state index in [1.54, 1.807) is 16.7 Å². The van der Waals surface area contributed by atoms with Gasteiger partial charge in [-0.05, 0) is 49.7 Å². The van der Waals surface area contributed by atoms with Crippen molar-refractivity contribution < 1.29 is 28.8 Å². The fraction of sp³-hybridized carbons (Fsp3) is 0.513. The average molecular weight is 671 g/mol. The van der Waals surface area contributed by atoms with Crippen LogP contribution in [0.5, 0.6) is 0 Å². The number of carbonyl (C=O) groups is 5. The molecule has 2 aliphatic heterocycles. The Morgan fingerprint density at radius 2 is 1.69 bits per heavy atom. The van der Waals surface area contributed by atoms with Crippen LogP contribution in [-0.2, 0) is 25.6 Å². The van der Waals surface area contributed by atoms with Crippen molar-refractivity contribution >= 4 is 40.2 Å². The van der Waals surface area contributed by atoms with Gasteiger partial charge in [0.2, 0.25) is 17.7 Å². The number of fused-ring (bicyclic) bond motifs is 2. The van der Waals surface area contributed by atoms with E-state index in [-0.39, 0.29) is 42.1 Å². The molecule has 1 unspecified atom stereocenters. The lowest BCUT2D eigenvalue weighted by Gasteiger charge is -2.39. The lowest BCUT2D eigenvalue weighted by atomic mass is 9.87. The van der Waals surface area contributed by atoms with Gasteiger partial charge in [-0.15, -0.1) is 0 Å². The highest BCUT2D eigenvalue weighted by Gasteiger charge is 2.41. The zero-order chi connectivity index (χ0) is 34.9. The Morgan fingerprint density at radius 1 is 0.939 bits per heavy atom. The molecule has 2 fully saturated rings. The minimum Gasteiger partial charge on any atom is -0.417 e. The van der Waals surface area contributed by atoms with Crippen molar-refractivity contribution in [2.45, 2.75) is 103 Å². The van der Waals surface area contributed by atoms with Crippen LogP contribution >= 0.6 is 0 Å². The number of nitrogens with one attached hydrogen (secondary N) is 2. The molecule has 49 heavy (non-hydrogen) atoms. The molecule has 0 aliphatic carbocycles. The number of amides is 3. The van der Waals surface area contributed by atoms with Crippen molar-refractivity contribution in [3.05, 3.63) is 71.9 Å². The maximum absolute atomic E-state index is 14.1. The number of rotatable bonds is 12. The normalized spacial score (nSPS) is 22.8. The first kappa shape index (κ1) is 35.8. The van der Waals surface area contributed by atoms with Crippen molar-refractivity contribution in [1.82, 2.24) is 20.3 Å². The number of nitrogens with zero attached hydrogens (tertiary/aromatic N) is 2. The fourth-order valence-corrected chi connectivity index (χ4v) is 7.22. The molecule has 0 radical (unpaired) electrons. The van der Waals surface area contributed by atoms with Crippen LogP contribution in [0.2, 0.25) is 0 Å². The van der Waals surface area contributed by atoms with Crippen LogP contribution in [0.25, 0.3) is 10.9 Å². The number of para-hydroxylation sites is 1. The molecule has 10 heteroatoms. The molecule has 2 aromatic carbocycles. The molecular weight excluding hydrogens is 620 g/mol. The Hall–Kier alpha value is -4.47. The summed E-state index contributed by atoms with van der Waals surface area (Å²) >= 11 is 0. The molecule has 0 saturated carbocycles. The van der Waals surface area contributed by atoms with Crippen molar-refractivity contribution in [3.63, 3.8) is 0 Å². The third kappa shape index (κ3) is 8.58. The van der Waals surface area contributed by atoms with Gasteiger partial charge in [-0.3, -0.25) is 24.0 Å². The molecule has 0 bridgehead atoms. The molecule has 3 aromatic rings. The fourth-order valence-electron chi connectivity index (χ4n) is 7.22. The average Bonchev–Trinajstić information content (AvgIpc) is 3.49. The number of hydrogen-bond donors (Lipinski definition) is 2. The van der Waals surface area contributed by atoms with Crippen LogP contribution in [-0.4, -0.2) is 70.7 Å². The Morgan fingerprint density at radius 3 is 2.45 bits per heavy atom. The first-order chi connectivity index (χ1) is 23.7. The smallest absolute Gasteiger partial charge is 0.246 e. The molecule has 0 spiro atoms. The first-order valence-corrected chi connectivity index (χ1v) is 17.9. The SMILES string of the molecule is CCC(C)[C@@H]1NC(=O)[C@H](Cc2cn(OC)c3ccccc23)NC(=O)[C@H](CCCCCC(=O)c2ccccc2)CC(=O)[C@H]2CCCCN2C1=O. The van der Waals surface area contributed by atoms with Gasteiger partial charge in [0, 0.05) is 48.9 Å². The number of aromatic nitrogens is 1. The van der Waals surface area contributed by atoms with Gasteiger partial charge in [0.25, 0.3) is 0 Å². The summed E-state index contributed by atoms with van der Waals surface area (Å²) in [6.07, 6.45) is 7.68. The molecular formula is C39H50N4O6. The molecule has 2 saturated heterocycles. The summed E-state index contributed by atoms with van der Waals surface area (Å²) in [5.41, 5.74) is 2.33. The third-order valence-electron chi connectivity index (χ3n) is 10.3. The second-order valence-electron chi connectivity index (χ2n) is 13.6. The van der Waals surface area contributed by atoms with E-state index >= 15 is 0 Å². The van der Waals surface area contributed by atoms with Gasteiger partial charge in [0.05, 0.1) is 11.6 Å². The zero-order valence-corrected chi connectivity index (χ0v) is 29.0. The zero-order valence-electron chi connectivity index (χ0n) is 29.0. The number of piperidine rings is 1. The van der Waals surface area contributed by atoms with Crippen LogP contribution < -0.4 is 15.5 Å². The van der Waals surface area contributed by atoms with Gasteiger partial charge < -0.3 is 20.4 Å². The highest BCUT2D eigenvalue weighted by Crippen LogP contribution is 2.27. The number of hydrogen-bond acceptors (Lipinski definition) is 6.